The molecule has 0 unspecified atom stereocenters. The van der Waals surface area contributed by atoms with Crippen molar-refractivity contribution < 1.29 is 4.79 Å². The molecule has 0 aliphatic carbocycles. The van der Waals surface area contributed by atoms with Crippen molar-refractivity contribution in [3.05, 3.63) is 83.9 Å². The van der Waals surface area contributed by atoms with E-state index in [1.165, 1.54) is 11.8 Å². The smallest absolute Gasteiger partial charge is 0.250 e. The molecule has 4 nitrogen and oxygen atoms in total. The fourth-order valence-corrected chi connectivity index (χ4v) is 3.87. The van der Waals surface area contributed by atoms with Crippen LogP contribution in [0.15, 0.2) is 82.9 Å². The Kier molecular flexibility index (Phi) is 5.35. The van der Waals surface area contributed by atoms with Gasteiger partial charge in [0, 0.05) is 10.9 Å². The lowest BCUT2D eigenvalue weighted by atomic mass is 10.1. The van der Waals surface area contributed by atoms with Crippen LogP contribution in [0.1, 0.15) is 11.1 Å². The minimum absolute atomic E-state index is 0.158. The van der Waals surface area contributed by atoms with Crippen molar-refractivity contribution in [2.75, 3.05) is 5.75 Å². The maximum atomic E-state index is 12.1. The molecule has 1 heterocycles. The molecule has 0 aliphatic heterocycles. The van der Waals surface area contributed by atoms with E-state index in [2.05, 4.69) is 40.6 Å². The van der Waals surface area contributed by atoms with E-state index in [1.807, 2.05) is 54.6 Å². The third kappa shape index (κ3) is 4.05. The van der Waals surface area contributed by atoms with Crippen LogP contribution < -0.4 is 5.43 Å². The Labute approximate surface area is 167 Å². The zero-order valence-electron chi connectivity index (χ0n) is 15.4. The minimum atomic E-state index is -0.158. The number of aryl methyl sites for hydroxylation is 1. The predicted octanol–water partition coefficient (Wildman–Crippen LogP) is 4.94. The first-order valence-corrected chi connectivity index (χ1v) is 9.98. The summed E-state index contributed by atoms with van der Waals surface area (Å²) in [6.45, 7) is 2.06. The summed E-state index contributed by atoms with van der Waals surface area (Å²) < 4.78 is 0. The zero-order valence-corrected chi connectivity index (χ0v) is 16.2. The lowest BCUT2D eigenvalue weighted by molar-refractivity contribution is -0.118. The molecule has 28 heavy (non-hydrogen) atoms. The molecular weight excluding hydrogens is 366 g/mol. The number of amides is 1. The van der Waals surface area contributed by atoms with Crippen LogP contribution in [0, 0.1) is 6.92 Å². The fraction of sp³-hybridized carbons (Fsp3) is 0.0870. The second-order valence-corrected chi connectivity index (χ2v) is 7.44. The van der Waals surface area contributed by atoms with Gasteiger partial charge < -0.3 is 0 Å². The highest BCUT2D eigenvalue weighted by Gasteiger charge is 2.06. The van der Waals surface area contributed by atoms with Gasteiger partial charge in [-0.1, -0.05) is 72.4 Å². The van der Waals surface area contributed by atoms with E-state index in [0.717, 1.165) is 37.8 Å². The molecular formula is C23H19N3OS. The second kappa shape index (κ2) is 8.23. The summed E-state index contributed by atoms with van der Waals surface area (Å²) in [5, 5.41) is 8.34. The topological polar surface area (TPSA) is 54.4 Å². The summed E-state index contributed by atoms with van der Waals surface area (Å²) in [5.74, 6) is 0.103. The second-order valence-electron chi connectivity index (χ2n) is 6.44. The zero-order chi connectivity index (χ0) is 19.3. The molecule has 3 aromatic carbocycles. The van der Waals surface area contributed by atoms with Crippen LogP contribution in [-0.2, 0) is 4.79 Å². The molecule has 0 fully saturated rings. The van der Waals surface area contributed by atoms with Gasteiger partial charge in [-0.15, -0.1) is 0 Å². The van der Waals surface area contributed by atoms with Gasteiger partial charge in [-0.05, 0) is 35.4 Å². The molecule has 0 aliphatic rings. The van der Waals surface area contributed by atoms with Gasteiger partial charge in [-0.25, -0.2) is 10.4 Å². The highest BCUT2D eigenvalue weighted by molar-refractivity contribution is 7.99. The van der Waals surface area contributed by atoms with Crippen molar-refractivity contribution in [3.63, 3.8) is 0 Å². The van der Waals surface area contributed by atoms with Gasteiger partial charge in [0.25, 0.3) is 0 Å². The summed E-state index contributed by atoms with van der Waals surface area (Å²) in [7, 11) is 0. The number of aromatic nitrogens is 1. The van der Waals surface area contributed by atoms with Gasteiger partial charge >= 0.3 is 0 Å². The first kappa shape index (κ1) is 18.2. The SMILES string of the molecule is Cc1cc(SCC(=O)N/N=C/c2cccc3ccccc23)nc2ccccc12. The van der Waals surface area contributed by atoms with Gasteiger partial charge in [0.05, 0.1) is 22.5 Å². The number of nitrogens with zero attached hydrogens (tertiary/aromatic N) is 2. The molecule has 0 spiro atoms. The Balaban J connectivity index is 1.39. The number of para-hydroxylation sites is 1. The van der Waals surface area contributed by atoms with Crippen LogP contribution >= 0.6 is 11.8 Å². The number of benzene rings is 3. The van der Waals surface area contributed by atoms with Crippen molar-refractivity contribution in [3.8, 4) is 0 Å². The Hall–Kier alpha value is -3.18. The van der Waals surface area contributed by atoms with Crippen LogP contribution in [-0.4, -0.2) is 22.9 Å². The van der Waals surface area contributed by atoms with Gasteiger partial charge in [0.2, 0.25) is 5.91 Å². The highest BCUT2D eigenvalue weighted by Crippen LogP contribution is 2.23. The fourth-order valence-electron chi connectivity index (χ4n) is 3.10. The minimum Gasteiger partial charge on any atom is -0.272 e. The van der Waals surface area contributed by atoms with Crippen molar-refractivity contribution in [1.29, 1.82) is 0 Å². The average Bonchev–Trinajstić information content (AvgIpc) is 2.72. The van der Waals surface area contributed by atoms with Crippen molar-refractivity contribution in [2.45, 2.75) is 11.9 Å². The molecule has 0 bridgehead atoms. The van der Waals surface area contributed by atoms with Gasteiger partial charge in [0.15, 0.2) is 0 Å². The van der Waals surface area contributed by atoms with Crippen LogP contribution in [0.25, 0.3) is 21.7 Å². The van der Waals surface area contributed by atoms with Crippen LogP contribution in [0.5, 0.6) is 0 Å². The molecule has 1 amide bonds. The van der Waals surface area contributed by atoms with Crippen molar-refractivity contribution >= 4 is 45.6 Å². The highest BCUT2D eigenvalue weighted by atomic mass is 32.2. The van der Waals surface area contributed by atoms with Crippen molar-refractivity contribution in [2.24, 2.45) is 5.10 Å². The summed E-state index contributed by atoms with van der Waals surface area (Å²) in [5.41, 5.74) is 5.67. The standard InChI is InChI=1S/C23H19N3OS/c1-16-13-23(25-21-12-5-4-10-19(16)21)28-15-22(27)26-24-14-18-9-6-8-17-7-2-3-11-20(17)18/h2-14H,15H2,1H3,(H,26,27)/b24-14+. The predicted molar refractivity (Wildman–Crippen MR) is 117 cm³/mol. The number of nitrogens with one attached hydrogen (secondary N) is 1. The van der Waals surface area contributed by atoms with Gasteiger partial charge in [-0.2, -0.15) is 5.10 Å². The number of carbonyl (C=O) groups is 1. The average molecular weight is 385 g/mol. The van der Waals surface area contributed by atoms with Gasteiger partial charge in [0.1, 0.15) is 0 Å². The van der Waals surface area contributed by atoms with Crippen LogP contribution in [0.2, 0.25) is 0 Å². The van der Waals surface area contributed by atoms with E-state index < -0.39 is 0 Å². The maximum absolute atomic E-state index is 12.1. The summed E-state index contributed by atoms with van der Waals surface area (Å²) in [6.07, 6.45) is 1.68. The number of hydrogen-bond donors (Lipinski definition) is 1. The third-order valence-corrected chi connectivity index (χ3v) is 5.38. The van der Waals surface area contributed by atoms with Gasteiger partial charge in [-0.3, -0.25) is 4.79 Å². The number of rotatable bonds is 5. The number of hydrazone groups is 1. The van der Waals surface area contributed by atoms with E-state index in [-0.39, 0.29) is 11.7 Å². The van der Waals surface area contributed by atoms with E-state index in [4.69, 9.17) is 0 Å². The Morgan fingerprint density at radius 2 is 1.79 bits per heavy atom. The molecule has 0 radical (unpaired) electrons. The first-order valence-electron chi connectivity index (χ1n) is 8.99. The van der Waals surface area contributed by atoms with Crippen LogP contribution in [0.4, 0.5) is 0 Å². The summed E-state index contributed by atoms with van der Waals surface area (Å²) in [6, 6.07) is 24.1. The number of hydrogen-bond acceptors (Lipinski definition) is 4. The number of pyridine rings is 1. The monoisotopic (exact) mass is 385 g/mol. The molecule has 4 rings (SSSR count). The van der Waals surface area contributed by atoms with Crippen LogP contribution in [0.3, 0.4) is 0 Å². The maximum Gasteiger partial charge on any atom is 0.250 e. The molecule has 0 saturated heterocycles. The Bertz CT molecular complexity index is 1180. The number of fused-ring (bicyclic) bond motifs is 2. The lowest BCUT2D eigenvalue weighted by Crippen LogP contribution is -2.19. The first-order chi connectivity index (χ1) is 13.7. The largest absolute Gasteiger partial charge is 0.272 e. The van der Waals surface area contributed by atoms with Crippen molar-refractivity contribution in [1.82, 2.24) is 10.4 Å². The molecule has 4 aromatic rings. The Morgan fingerprint density at radius 1 is 1.04 bits per heavy atom. The Morgan fingerprint density at radius 3 is 2.68 bits per heavy atom. The molecule has 138 valence electrons. The molecule has 5 heteroatoms. The molecule has 0 saturated carbocycles. The lowest BCUT2D eigenvalue weighted by Gasteiger charge is -2.06. The number of thioether (sulfide) groups is 1. The normalized spacial score (nSPS) is 11.3. The van der Waals surface area contributed by atoms with E-state index in [0.29, 0.717) is 0 Å². The molecule has 1 N–H and O–H groups in total. The third-order valence-electron chi connectivity index (χ3n) is 4.47. The number of carbonyl (C=O) groups excluding carboxylic acids is 1. The van der Waals surface area contributed by atoms with E-state index >= 15 is 0 Å². The van der Waals surface area contributed by atoms with E-state index in [1.54, 1.807) is 6.21 Å². The molecule has 1 aromatic heterocycles. The summed E-state index contributed by atoms with van der Waals surface area (Å²) >= 11 is 1.41. The molecule has 0 atom stereocenters. The van der Waals surface area contributed by atoms with E-state index in [9.17, 15) is 4.79 Å². The summed E-state index contributed by atoms with van der Waals surface area (Å²) in [4.78, 5) is 16.8. The quantitative estimate of drug-likeness (QED) is 0.301.